The fraction of sp³-hybridized carbons (Fsp3) is 1.00. The maximum Gasteiger partial charge on any atom is 0.0897 e. The number of nitrogens with two attached hydrogens (primary N) is 1. The lowest BCUT2D eigenvalue weighted by atomic mass is 10.1. The van der Waals surface area contributed by atoms with E-state index in [0.717, 1.165) is 13.0 Å². The Bertz CT molecular complexity index is 143. The van der Waals surface area contributed by atoms with E-state index in [-0.39, 0.29) is 12.6 Å². The average molecular weight is 174 g/mol. The number of aliphatic hydroxyl groups excluding tert-OH is 2. The van der Waals surface area contributed by atoms with Crippen LogP contribution in [-0.2, 0) is 0 Å². The Balaban J connectivity index is 2.33. The molecule has 0 saturated carbocycles. The molecule has 0 aromatic heterocycles. The molecule has 3 unspecified atom stereocenters. The summed E-state index contributed by atoms with van der Waals surface area (Å²) in [4.78, 5) is 2.12. The second kappa shape index (κ2) is 4.18. The molecular formula is C8H18N2O2. The molecule has 0 aromatic rings. The van der Waals surface area contributed by atoms with E-state index in [1.165, 1.54) is 0 Å². The Labute approximate surface area is 73.0 Å². The normalized spacial score (nSPS) is 34.0. The first kappa shape index (κ1) is 9.92. The number of aliphatic hydroxyl groups is 2. The summed E-state index contributed by atoms with van der Waals surface area (Å²) in [5.41, 5.74) is 5.80. The number of hydrogen-bond donors (Lipinski definition) is 3. The Hall–Kier alpha value is -0.160. The molecule has 0 radical (unpaired) electrons. The van der Waals surface area contributed by atoms with Gasteiger partial charge in [-0.25, -0.2) is 0 Å². The molecule has 0 bridgehead atoms. The first-order chi connectivity index (χ1) is 5.65. The van der Waals surface area contributed by atoms with Gasteiger partial charge in [-0.15, -0.1) is 0 Å². The van der Waals surface area contributed by atoms with Gasteiger partial charge in [-0.05, 0) is 13.3 Å². The predicted octanol–water partition coefficient (Wildman–Crippen LogP) is -1.24. The molecule has 1 aliphatic heterocycles. The van der Waals surface area contributed by atoms with Crippen LogP contribution in [0.5, 0.6) is 0 Å². The molecule has 1 fully saturated rings. The minimum Gasteiger partial charge on any atom is -0.394 e. The molecule has 1 heterocycles. The zero-order valence-corrected chi connectivity index (χ0v) is 7.48. The van der Waals surface area contributed by atoms with Crippen molar-refractivity contribution in [1.29, 1.82) is 0 Å². The van der Waals surface area contributed by atoms with Crippen molar-refractivity contribution in [2.24, 2.45) is 5.73 Å². The maximum atomic E-state index is 9.19. The van der Waals surface area contributed by atoms with Crippen LogP contribution in [0.1, 0.15) is 13.3 Å². The van der Waals surface area contributed by atoms with Crippen molar-refractivity contribution in [2.45, 2.75) is 31.5 Å². The van der Waals surface area contributed by atoms with Crippen LogP contribution in [0.2, 0.25) is 0 Å². The van der Waals surface area contributed by atoms with Gasteiger partial charge in [0.25, 0.3) is 0 Å². The van der Waals surface area contributed by atoms with Crippen LogP contribution in [-0.4, -0.2) is 53.0 Å². The lowest BCUT2D eigenvalue weighted by Gasteiger charge is -2.24. The minimum absolute atomic E-state index is 0.168. The van der Waals surface area contributed by atoms with E-state index in [9.17, 15) is 5.11 Å². The second-order valence-electron chi connectivity index (χ2n) is 3.52. The molecule has 4 heteroatoms. The highest BCUT2D eigenvalue weighted by molar-refractivity contribution is 4.87. The molecular weight excluding hydrogens is 156 g/mol. The topological polar surface area (TPSA) is 69.7 Å². The summed E-state index contributed by atoms with van der Waals surface area (Å²) < 4.78 is 0. The number of β-amino-alcohol motifs (C(OH)–C–C–N with tert-alkyl or cyclic N) is 1. The Morgan fingerprint density at radius 1 is 1.67 bits per heavy atom. The summed E-state index contributed by atoms with van der Waals surface area (Å²) in [6.45, 7) is 3.35. The summed E-state index contributed by atoms with van der Waals surface area (Å²) >= 11 is 0. The molecule has 1 rings (SSSR count). The fourth-order valence-corrected chi connectivity index (χ4v) is 1.62. The second-order valence-corrected chi connectivity index (χ2v) is 3.52. The van der Waals surface area contributed by atoms with E-state index in [1.807, 2.05) is 0 Å². The van der Waals surface area contributed by atoms with E-state index in [1.54, 1.807) is 0 Å². The average Bonchev–Trinajstić information content (AvgIpc) is 2.36. The highest BCUT2D eigenvalue weighted by atomic mass is 16.3. The third kappa shape index (κ3) is 2.17. The summed E-state index contributed by atoms with van der Waals surface area (Å²) in [5, 5.41) is 17.8. The number of likely N-dealkylation sites (tertiary alicyclic amines) is 1. The van der Waals surface area contributed by atoms with Crippen molar-refractivity contribution < 1.29 is 10.2 Å². The molecule has 4 N–H and O–H groups in total. The number of nitrogens with zero attached hydrogens (tertiary/aromatic N) is 1. The molecule has 0 amide bonds. The monoisotopic (exact) mass is 174 g/mol. The molecule has 1 saturated heterocycles. The standard InChI is InChI=1S/C8H18N2O2/c1-6-8(9)2-3-10(6)4-7(12)5-11/h6-8,11-12H,2-5,9H2,1H3. The van der Waals surface area contributed by atoms with Crippen LogP contribution in [0.25, 0.3) is 0 Å². The van der Waals surface area contributed by atoms with E-state index in [4.69, 9.17) is 10.8 Å². The van der Waals surface area contributed by atoms with Gasteiger partial charge in [0.05, 0.1) is 12.7 Å². The van der Waals surface area contributed by atoms with E-state index in [2.05, 4.69) is 11.8 Å². The van der Waals surface area contributed by atoms with Gasteiger partial charge in [0, 0.05) is 25.2 Å². The Kier molecular flexibility index (Phi) is 3.46. The first-order valence-corrected chi connectivity index (χ1v) is 4.43. The highest BCUT2D eigenvalue weighted by Gasteiger charge is 2.28. The van der Waals surface area contributed by atoms with Gasteiger partial charge in [0.15, 0.2) is 0 Å². The summed E-state index contributed by atoms with van der Waals surface area (Å²) in [6, 6.07) is 0.544. The van der Waals surface area contributed by atoms with Gasteiger partial charge in [-0.1, -0.05) is 0 Å². The van der Waals surface area contributed by atoms with Crippen molar-refractivity contribution >= 4 is 0 Å². The van der Waals surface area contributed by atoms with Crippen molar-refractivity contribution in [3.8, 4) is 0 Å². The van der Waals surface area contributed by atoms with Crippen molar-refractivity contribution in [3.05, 3.63) is 0 Å². The summed E-state index contributed by atoms with van der Waals surface area (Å²) in [5.74, 6) is 0. The molecule has 4 nitrogen and oxygen atoms in total. The van der Waals surface area contributed by atoms with Crippen LogP contribution in [0.3, 0.4) is 0 Å². The van der Waals surface area contributed by atoms with E-state index < -0.39 is 6.10 Å². The van der Waals surface area contributed by atoms with Gasteiger partial charge in [-0.2, -0.15) is 0 Å². The van der Waals surface area contributed by atoms with Crippen LogP contribution in [0.4, 0.5) is 0 Å². The largest absolute Gasteiger partial charge is 0.394 e. The highest BCUT2D eigenvalue weighted by Crippen LogP contribution is 2.15. The third-order valence-electron chi connectivity index (χ3n) is 2.60. The van der Waals surface area contributed by atoms with Gasteiger partial charge >= 0.3 is 0 Å². The zero-order valence-electron chi connectivity index (χ0n) is 7.48. The Morgan fingerprint density at radius 2 is 2.33 bits per heavy atom. The lowest BCUT2D eigenvalue weighted by molar-refractivity contribution is 0.0565. The minimum atomic E-state index is -0.627. The van der Waals surface area contributed by atoms with Crippen LogP contribution in [0, 0.1) is 0 Å². The van der Waals surface area contributed by atoms with Gasteiger partial charge in [-0.3, -0.25) is 4.90 Å². The SMILES string of the molecule is CC1C(N)CCN1CC(O)CO. The van der Waals surface area contributed by atoms with Crippen LogP contribution < -0.4 is 5.73 Å². The van der Waals surface area contributed by atoms with Crippen molar-refractivity contribution in [1.82, 2.24) is 4.90 Å². The summed E-state index contributed by atoms with van der Waals surface area (Å²) in [6.07, 6.45) is 0.358. The predicted molar refractivity (Wildman–Crippen MR) is 46.7 cm³/mol. The van der Waals surface area contributed by atoms with Crippen molar-refractivity contribution in [3.63, 3.8) is 0 Å². The summed E-state index contributed by atoms with van der Waals surface area (Å²) in [7, 11) is 0. The van der Waals surface area contributed by atoms with Gasteiger partial charge < -0.3 is 15.9 Å². The van der Waals surface area contributed by atoms with Crippen LogP contribution in [0.15, 0.2) is 0 Å². The molecule has 12 heavy (non-hydrogen) atoms. The quantitative estimate of drug-likeness (QED) is 0.500. The van der Waals surface area contributed by atoms with Gasteiger partial charge in [0.1, 0.15) is 0 Å². The van der Waals surface area contributed by atoms with E-state index in [0.29, 0.717) is 12.6 Å². The molecule has 72 valence electrons. The molecule has 3 atom stereocenters. The molecule has 0 aliphatic carbocycles. The molecule has 0 aromatic carbocycles. The molecule has 0 spiro atoms. The smallest absolute Gasteiger partial charge is 0.0897 e. The number of hydrogen-bond acceptors (Lipinski definition) is 4. The van der Waals surface area contributed by atoms with E-state index >= 15 is 0 Å². The number of rotatable bonds is 3. The third-order valence-corrected chi connectivity index (χ3v) is 2.60. The maximum absolute atomic E-state index is 9.19. The van der Waals surface area contributed by atoms with Crippen molar-refractivity contribution in [2.75, 3.05) is 19.7 Å². The van der Waals surface area contributed by atoms with Gasteiger partial charge in [0.2, 0.25) is 0 Å². The van der Waals surface area contributed by atoms with Crippen LogP contribution >= 0.6 is 0 Å². The zero-order chi connectivity index (χ0) is 9.14. The lowest BCUT2D eigenvalue weighted by Crippen LogP contribution is -2.41. The Morgan fingerprint density at radius 3 is 2.75 bits per heavy atom. The first-order valence-electron chi connectivity index (χ1n) is 4.43. The molecule has 1 aliphatic rings. The fourth-order valence-electron chi connectivity index (χ4n) is 1.62.